The Kier molecular flexibility index (Phi) is 4.49. The molecule has 0 fully saturated rings. The number of nitrogens with two attached hydrogens (primary N) is 1. The molecule has 0 saturated heterocycles. The zero-order chi connectivity index (χ0) is 14.0. The SMILES string of the molecule is Cc1cc(C(N)=S)nc(Nc2ccc(Br)cc2Br)n1. The Morgan fingerprint density at radius 1 is 1.26 bits per heavy atom. The van der Waals surface area contributed by atoms with E-state index in [2.05, 4.69) is 47.1 Å². The third kappa shape index (κ3) is 3.71. The minimum absolute atomic E-state index is 0.253. The van der Waals surface area contributed by atoms with Gasteiger partial charge in [-0.1, -0.05) is 28.1 Å². The summed E-state index contributed by atoms with van der Waals surface area (Å²) in [5.41, 5.74) is 7.81. The predicted octanol–water partition coefficient (Wildman–Crippen LogP) is 3.69. The number of hydrogen-bond acceptors (Lipinski definition) is 4. The predicted molar refractivity (Wildman–Crippen MR) is 87.8 cm³/mol. The Morgan fingerprint density at radius 2 is 2.00 bits per heavy atom. The van der Waals surface area contributed by atoms with Crippen molar-refractivity contribution in [3.8, 4) is 0 Å². The molecule has 0 radical (unpaired) electrons. The summed E-state index contributed by atoms with van der Waals surface area (Å²) in [6, 6.07) is 7.54. The van der Waals surface area contributed by atoms with Crippen LogP contribution in [0, 0.1) is 6.92 Å². The van der Waals surface area contributed by atoms with Crippen LogP contribution in [0.15, 0.2) is 33.2 Å². The van der Waals surface area contributed by atoms with Gasteiger partial charge in [0.2, 0.25) is 5.95 Å². The highest BCUT2D eigenvalue weighted by molar-refractivity contribution is 9.11. The first kappa shape index (κ1) is 14.4. The minimum Gasteiger partial charge on any atom is -0.388 e. The molecule has 0 atom stereocenters. The van der Waals surface area contributed by atoms with Crippen molar-refractivity contribution in [2.45, 2.75) is 6.92 Å². The number of aryl methyl sites for hydroxylation is 1. The second-order valence-electron chi connectivity index (χ2n) is 3.83. The van der Waals surface area contributed by atoms with Gasteiger partial charge in [-0.05, 0) is 47.1 Å². The molecule has 0 aliphatic carbocycles. The van der Waals surface area contributed by atoms with Gasteiger partial charge in [0.05, 0.1) is 5.69 Å². The first-order valence-corrected chi connectivity index (χ1v) is 7.32. The Balaban J connectivity index is 2.35. The van der Waals surface area contributed by atoms with Crippen molar-refractivity contribution in [1.29, 1.82) is 0 Å². The molecule has 0 spiro atoms. The van der Waals surface area contributed by atoms with E-state index in [1.807, 2.05) is 25.1 Å². The van der Waals surface area contributed by atoms with Gasteiger partial charge in [0, 0.05) is 14.6 Å². The monoisotopic (exact) mass is 400 g/mol. The Labute approximate surface area is 133 Å². The first-order chi connectivity index (χ1) is 8.95. The Morgan fingerprint density at radius 3 is 2.63 bits per heavy atom. The lowest BCUT2D eigenvalue weighted by molar-refractivity contribution is 1.09. The van der Waals surface area contributed by atoms with Crippen LogP contribution in [0.4, 0.5) is 11.6 Å². The highest BCUT2D eigenvalue weighted by atomic mass is 79.9. The standard InChI is InChI=1S/C12H10Br2N4S/c1-6-4-10(11(15)19)18-12(16-6)17-9-3-2-7(13)5-8(9)14/h2-5H,1H3,(H2,15,19)(H,16,17,18). The van der Waals surface area contributed by atoms with Crippen LogP contribution in [0.2, 0.25) is 0 Å². The molecule has 1 heterocycles. The van der Waals surface area contributed by atoms with Crippen LogP contribution in [0.3, 0.4) is 0 Å². The molecular weight excluding hydrogens is 392 g/mol. The van der Waals surface area contributed by atoms with Gasteiger partial charge < -0.3 is 11.1 Å². The van der Waals surface area contributed by atoms with Crippen LogP contribution >= 0.6 is 44.1 Å². The minimum atomic E-state index is 0.253. The van der Waals surface area contributed by atoms with E-state index in [1.54, 1.807) is 6.07 Å². The van der Waals surface area contributed by atoms with Gasteiger partial charge in [-0.25, -0.2) is 9.97 Å². The number of hydrogen-bond donors (Lipinski definition) is 2. The Bertz CT molecular complexity index is 646. The summed E-state index contributed by atoms with van der Waals surface area (Å²) in [5, 5.41) is 3.13. The molecule has 2 rings (SSSR count). The van der Waals surface area contributed by atoms with Crippen LogP contribution in [0.25, 0.3) is 0 Å². The van der Waals surface area contributed by atoms with Crippen LogP contribution in [-0.2, 0) is 0 Å². The Hall–Kier alpha value is -1.05. The van der Waals surface area contributed by atoms with Crippen LogP contribution in [-0.4, -0.2) is 15.0 Å². The van der Waals surface area contributed by atoms with E-state index in [4.69, 9.17) is 18.0 Å². The zero-order valence-corrected chi connectivity index (χ0v) is 13.9. The van der Waals surface area contributed by atoms with E-state index in [-0.39, 0.29) is 4.99 Å². The molecule has 19 heavy (non-hydrogen) atoms. The number of halogens is 2. The third-order valence-corrected chi connectivity index (χ3v) is 3.64. The number of aromatic nitrogens is 2. The van der Waals surface area contributed by atoms with Crippen molar-refractivity contribution in [3.05, 3.63) is 44.6 Å². The summed E-state index contributed by atoms with van der Waals surface area (Å²) >= 11 is 11.8. The van der Waals surface area contributed by atoms with E-state index < -0.39 is 0 Å². The number of nitrogens with one attached hydrogen (secondary N) is 1. The van der Waals surface area contributed by atoms with E-state index in [1.165, 1.54) is 0 Å². The van der Waals surface area contributed by atoms with E-state index in [0.29, 0.717) is 11.6 Å². The number of thiocarbonyl (C=S) groups is 1. The van der Waals surface area contributed by atoms with Crippen LogP contribution in [0.1, 0.15) is 11.4 Å². The molecule has 98 valence electrons. The lowest BCUT2D eigenvalue weighted by atomic mass is 10.3. The summed E-state index contributed by atoms with van der Waals surface area (Å²) in [6.45, 7) is 1.87. The molecule has 3 N–H and O–H groups in total. The van der Waals surface area contributed by atoms with Crippen molar-refractivity contribution < 1.29 is 0 Å². The molecule has 0 aliphatic rings. The molecule has 1 aromatic carbocycles. The summed E-state index contributed by atoms with van der Waals surface area (Å²) in [7, 11) is 0. The molecule has 0 amide bonds. The number of benzene rings is 1. The maximum absolute atomic E-state index is 5.59. The molecule has 7 heteroatoms. The number of nitrogens with zero attached hydrogens (tertiary/aromatic N) is 2. The highest BCUT2D eigenvalue weighted by Crippen LogP contribution is 2.27. The first-order valence-electron chi connectivity index (χ1n) is 5.33. The fourth-order valence-corrected chi connectivity index (χ4v) is 2.71. The van der Waals surface area contributed by atoms with Crippen molar-refractivity contribution >= 4 is 60.7 Å². The van der Waals surface area contributed by atoms with Gasteiger partial charge in [-0.3, -0.25) is 0 Å². The van der Waals surface area contributed by atoms with Crippen LogP contribution in [0.5, 0.6) is 0 Å². The molecule has 4 nitrogen and oxygen atoms in total. The largest absolute Gasteiger partial charge is 0.388 e. The third-order valence-electron chi connectivity index (χ3n) is 2.28. The van der Waals surface area contributed by atoms with Gasteiger partial charge >= 0.3 is 0 Å². The molecule has 0 unspecified atom stereocenters. The smallest absolute Gasteiger partial charge is 0.228 e. The molecule has 0 saturated carbocycles. The molecule has 0 bridgehead atoms. The average molecular weight is 402 g/mol. The van der Waals surface area contributed by atoms with Crippen LogP contribution < -0.4 is 11.1 Å². The summed E-state index contributed by atoms with van der Waals surface area (Å²) < 4.78 is 1.89. The topological polar surface area (TPSA) is 63.8 Å². The van der Waals surface area contributed by atoms with Gasteiger partial charge in [0.15, 0.2) is 0 Å². The van der Waals surface area contributed by atoms with E-state index in [9.17, 15) is 0 Å². The molecular formula is C12H10Br2N4S. The van der Waals surface area contributed by atoms with Crippen molar-refractivity contribution in [1.82, 2.24) is 9.97 Å². The fraction of sp³-hybridized carbons (Fsp3) is 0.0833. The molecule has 1 aromatic heterocycles. The van der Waals surface area contributed by atoms with Crippen molar-refractivity contribution in [2.24, 2.45) is 5.73 Å². The van der Waals surface area contributed by atoms with Gasteiger partial charge in [-0.2, -0.15) is 0 Å². The average Bonchev–Trinajstić information content (AvgIpc) is 2.32. The summed E-state index contributed by atoms with van der Waals surface area (Å²) in [5.74, 6) is 0.464. The number of anilines is 2. The maximum atomic E-state index is 5.59. The number of rotatable bonds is 3. The summed E-state index contributed by atoms with van der Waals surface area (Å²) in [6.07, 6.45) is 0. The quantitative estimate of drug-likeness (QED) is 0.768. The normalized spacial score (nSPS) is 10.3. The maximum Gasteiger partial charge on any atom is 0.228 e. The van der Waals surface area contributed by atoms with Gasteiger partial charge in [-0.15, -0.1) is 0 Å². The van der Waals surface area contributed by atoms with Gasteiger partial charge in [0.25, 0.3) is 0 Å². The second-order valence-corrected chi connectivity index (χ2v) is 6.04. The molecule has 0 aliphatic heterocycles. The van der Waals surface area contributed by atoms with Crippen molar-refractivity contribution in [2.75, 3.05) is 5.32 Å². The second kappa shape index (κ2) is 5.94. The molecule has 2 aromatic rings. The lowest BCUT2D eigenvalue weighted by Gasteiger charge is -2.09. The van der Waals surface area contributed by atoms with Gasteiger partial charge in [0.1, 0.15) is 10.7 Å². The summed E-state index contributed by atoms with van der Waals surface area (Å²) in [4.78, 5) is 8.83. The fourth-order valence-electron chi connectivity index (χ4n) is 1.46. The lowest BCUT2D eigenvalue weighted by Crippen LogP contribution is -2.13. The zero-order valence-electron chi connectivity index (χ0n) is 9.95. The van der Waals surface area contributed by atoms with Crippen molar-refractivity contribution in [3.63, 3.8) is 0 Å². The highest BCUT2D eigenvalue weighted by Gasteiger charge is 2.07. The van der Waals surface area contributed by atoms with E-state index >= 15 is 0 Å². The van der Waals surface area contributed by atoms with E-state index in [0.717, 1.165) is 20.3 Å².